The summed E-state index contributed by atoms with van der Waals surface area (Å²) in [4.78, 5) is 0. The molecule has 1 aliphatic rings. The van der Waals surface area contributed by atoms with E-state index in [-0.39, 0.29) is 18.0 Å². The summed E-state index contributed by atoms with van der Waals surface area (Å²) >= 11 is 0. The summed E-state index contributed by atoms with van der Waals surface area (Å²) in [5.74, 6) is -1.15. The van der Waals surface area contributed by atoms with Crippen molar-refractivity contribution in [2.24, 2.45) is 0 Å². The van der Waals surface area contributed by atoms with Crippen LogP contribution in [0.2, 0.25) is 0 Å². The predicted molar refractivity (Wildman–Crippen MR) is 63.2 cm³/mol. The first-order chi connectivity index (χ1) is 8.49. The quantitative estimate of drug-likeness (QED) is 0.863. The fourth-order valence-corrected chi connectivity index (χ4v) is 2.25. The third kappa shape index (κ3) is 3.04. The van der Waals surface area contributed by atoms with Crippen LogP contribution in [0.5, 0.6) is 0 Å². The molecule has 2 unspecified atom stereocenters. The van der Waals surface area contributed by atoms with Crippen LogP contribution in [0.25, 0.3) is 0 Å². The molecule has 2 N–H and O–H groups in total. The summed E-state index contributed by atoms with van der Waals surface area (Å²) < 4.78 is 32.1. The molecule has 18 heavy (non-hydrogen) atoms. The number of hydrogen-bond donors (Lipinski definition) is 2. The van der Waals surface area contributed by atoms with Gasteiger partial charge >= 0.3 is 0 Å². The second-order valence-electron chi connectivity index (χ2n) is 4.83. The fourth-order valence-electron chi connectivity index (χ4n) is 2.25. The van der Waals surface area contributed by atoms with Gasteiger partial charge in [-0.05, 0) is 31.5 Å². The molecule has 1 heterocycles. The topological polar surface area (TPSA) is 41.5 Å². The minimum absolute atomic E-state index is 0.0186. The Morgan fingerprint density at radius 3 is 2.94 bits per heavy atom. The molecule has 1 aromatic rings. The molecule has 0 radical (unpaired) electrons. The Bertz CT molecular complexity index is 417. The van der Waals surface area contributed by atoms with Crippen molar-refractivity contribution in [3.63, 3.8) is 0 Å². The molecule has 1 aromatic carbocycles. The number of morpholine rings is 1. The highest BCUT2D eigenvalue weighted by atomic mass is 19.1. The minimum Gasteiger partial charge on any atom is -0.385 e. The molecule has 0 aliphatic carbocycles. The Kier molecular flexibility index (Phi) is 3.94. The Balaban J connectivity index is 2.15. The molecule has 0 aromatic heterocycles. The molecule has 2 atom stereocenters. The van der Waals surface area contributed by atoms with Gasteiger partial charge in [-0.2, -0.15) is 0 Å². The molecule has 5 heteroatoms. The highest BCUT2D eigenvalue weighted by Crippen LogP contribution is 2.29. The maximum atomic E-state index is 13.6. The summed E-state index contributed by atoms with van der Waals surface area (Å²) in [7, 11) is 0. The van der Waals surface area contributed by atoms with E-state index in [9.17, 15) is 13.9 Å². The third-order valence-electron chi connectivity index (χ3n) is 3.15. The first kappa shape index (κ1) is 13.4. The summed E-state index contributed by atoms with van der Waals surface area (Å²) in [6.07, 6.45) is 0.271. The van der Waals surface area contributed by atoms with E-state index >= 15 is 0 Å². The monoisotopic (exact) mass is 257 g/mol. The summed E-state index contributed by atoms with van der Waals surface area (Å²) in [5.41, 5.74) is -1.44. The van der Waals surface area contributed by atoms with Crippen molar-refractivity contribution in [3.05, 3.63) is 35.4 Å². The first-order valence-corrected chi connectivity index (χ1v) is 5.98. The highest BCUT2D eigenvalue weighted by molar-refractivity contribution is 5.25. The molecule has 0 saturated carbocycles. The van der Waals surface area contributed by atoms with E-state index in [1.54, 1.807) is 0 Å². The fraction of sp³-hybridized carbons (Fsp3) is 0.538. The molecule has 0 spiro atoms. The van der Waals surface area contributed by atoms with Crippen LogP contribution in [0.4, 0.5) is 8.78 Å². The van der Waals surface area contributed by atoms with Crippen molar-refractivity contribution in [1.29, 1.82) is 0 Å². The molecular formula is C13H17F2NO2. The van der Waals surface area contributed by atoms with E-state index in [1.807, 2.05) is 0 Å². The van der Waals surface area contributed by atoms with Gasteiger partial charge in [0.1, 0.15) is 11.6 Å². The molecular weight excluding hydrogens is 240 g/mol. The Morgan fingerprint density at radius 1 is 1.50 bits per heavy atom. The number of rotatable bonds is 3. The van der Waals surface area contributed by atoms with Crippen LogP contribution in [-0.4, -0.2) is 30.9 Å². The van der Waals surface area contributed by atoms with Crippen LogP contribution in [0.1, 0.15) is 18.9 Å². The molecule has 3 nitrogen and oxygen atoms in total. The van der Waals surface area contributed by atoms with Crippen LogP contribution < -0.4 is 5.32 Å². The standard InChI is InChI=1S/C13H17F2NO2/c1-13(17,7-10-8-18-5-4-16-10)11-6-9(14)2-3-12(11)15/h2-3,6,10,16-17H,4-5,7-8H2,1H3. The zero-order chi connectivity index (χ0) is 13.2. The number of halogens is 2. The van der Waals surface area contributed by atoms with E-state index in [1.165, 1.54) is 6.92 Å². The van der Waals surface area contributed by atoms with E-state index in [0.29, 0.717) is 19.8 Å². The van der Waals surface area contributed by atoms with Crippen LogP contribution in [0.15, 0.2) is 18.2 Å². The molecule has 1 aliphatic heterocycles. The summed E-state index contributed by atoms with van der Waals surface area (Å²) in [5, 5.41) is 13.5. The highest BCUT2D eigenvalue weighted by Gasteiger charge is 2.31. The lowest BCUT2D eigenvalue weighted by atomic mass is 9.88. The van der Waals surface area contributed by atoms with Crippen molar-refractivity contribution in [1.82, 2.24) is 5.32 Å². The van der Waals surface area contributed by atoms with Crippen LogP contribution in [0, 0.1) is 11.6 Å². The van der Waals surface area contributed by atoms with E-state index < -0.39 is 17.2 Å². The van der Waals surface area contributed by atoms with Gasteiger partial charge in [0.05, 0.1) is 18.8 Å². The maximum Gasteiger partial charge on any atom is 0.129 e. The zero-order valence-electron chi connectivity index (χ0n) is 10.2. The third-order valence-corrected chi connectivity index (χ3v) is 3.15. The predicted octanol–water partition coefficient (Wildman–Crippen LogP) is 1.55. The number of nitrogens with one attached hydrogen (secondary N) is 1. The normalized spacial score (nSPS) is 23.7. The summed E-state index contributed by atoms with van der Waals surface area (Å²) in [6, 6.07) is 3.05. The lowest BCUT2D eigenvalue weighted by Gasteiger charge is -2.32. The molecule has 0 bridgehead atoms. The smallest absolute Gasteiger partial charge is 0.129 e. The van der Waals surface area contributed by atoms with Crippen molar-refractivity contribution in [2.45, 2.75) is 25.0 Å². The zero-order valence-corrected chi connectivity index (χ0v) is 10.2. The number of benzene rings is 1. The SMILES string of the molecule is CC(O)(CC1COCCN1)c1cc(F)ccc1F. The number of aliphatic hydroxyl groups is 1. The Morgan fingerprint density at radius 2 is 2.28 bits per heavy atom. The average molecular weight is 257 g/mol. The molecule has 1 saturated heterocycles. The molecule has 100 valence electrons. The molecule has 2 rings (SSSR count). The van der Waals surface area contributed by atoms with Gasteiger partial charge in [-0.1, -0.05) is 0 Å². The average Bonchev–Trinajstić information content (AvgIpc) is 2.33. The van der Waals surface area contributed by atoms with Gasteiger partial charge in [-0.3, -0.25) is 0 Å². The van der Waals surface area contributed by atoms with Gasteiger partial charge in [-0.15, -0.1) is 0 Å². The van der Waals surface area contributed by atoms with Crippen molar-refractivity contribution >= 4 is 0 Å². The van der Waals surface area contributed by atoms with Crippen molar-refractivity contribution in [3.8, 4) is 0 Å². The molecule has 0 amide bonds. The Labute approximate surface area is 105 Å². The van der Waals surface area contributed by atoms with Gasteiger partial charge < -0.3 is 15.2 Å². The van der Waals surface area contributed by atoms with Crippen LogP contribution >= 0.6 is 0 Å². The summed E-state index contributed by atoms with van der Waals surface area (Å²) in [6.45, 7) is 3.29. The van der Waals surface area contributed by atoms with Gasteiger partial charge in [0, 0.05) is 18.2 Å². The van der Waals surface area contributed by atoms with Gasteiger partial charge in [0.25, 0.3) is 0 Å². The minimum atomic E-state index is -1.43. The van der Waals surface area contributed by atoms with Crippen molar-refractivity contribution < 1.29 is 18.6 Å². The Hall–Kier alpha value is -1.04. The molecule has 1 fully saturated rings. The maximum absolute atomic E-state index is 13.6. The first-order valence-electron chi connectivity index (χ1n) is 5.98. The second-order valence-corrected chi connectivity index (χ2v) is 4.83. The van der Waals surface area contributed by atoms with E-state index in [0.717, 1.165) is 18.2 Å². The van der Waals surface area contributed by atoms with Gasteiger partial charge in [0.15, 0.2) is 0 Å². The number of ether oxygens (including phenoxy) is 1. The number of hydrogen-bond acceptors (Lipinski definition) is 3. The van der Waals surface area contributed by atoms with Crippen LogP contribution in [-0.2, 0) is 10.3 Å². The van der Waals surface area contributed by atoms with E-state index in [2.05, 4.69) is 5.32 Å². The van der Waals surface area contributed by atoms with Crippen molar-refractivity contribution in [2.75, 3.05) is 19.8 Å². The van der Waals surface area contributed by atoms with Gasteiger partial charge in [0.2, 0.25) is 0 Å². The van der Waals surface area contributed by atoms with E-state index in [4.69, 9.17) is 4.74 Å². The second kappa shape index (κ2) is 5.30. The lowest BCUT2D eigenvalue weighted by Crippen LogP contribution is -2.45. The largest absolute Gasteiger partial charge is 0.385 e. The van der Waals surface area contributed by atoms with Crippen LogP contribution in [0.3, 0.4) is 0 Å². The lowest BCUT2D eigenvalue weighted by molar-refractivity contribution is 0.000918. The van der Waals surface area contributed by atoms with Gasteiger partial charge in [-0.25, -0.2) is 8.78 Å².